The van der Waals surface area contributed by atoms with Gasteiger partial charge in [-0.2, -0.15) is 0 Å². The zero-order chi connectivity index (χ0) is 39.2. The van der Waals surface area contributed by atoms with Gasteiger partial charge in [-0.25, -0.2) is 14.6 Å². The first-order valence-corrected chi connectivity index (χ1v) is 18.9. The number of quaternary nitrogens is 1. The molecule has 0 radical (unpaired) electrons. The molecule has 7 rings (SSSR count). The number of rotatable bonds is 10. The summed E-state index contributed by atoms with van der Waals surface area (Å²) in [6.07, 6.45) is 0.718. The summed E-state index contributed by atoms with van der Waals surface area (Å²) in [6.45, 7) is 4.23. The van der Waals surface area contributed by atoms with Gasteiger partial charge in [0.05, 0.1) is 55.5 Å². The Morgan fingerprint density at radius 3 is 2.61 bits per heavy atom. The second-order valence-electron chi connectivity index (χ2n) is 14.5. The number of carboxylic acids is 2. The SMILES string of the molecule is Cn1c(=O)n(CC[N+]23CCC(C2)[C@@H]2S[C@@H]4[C@H](NC(=O)/C(=N\OC(C)(C)C(=O)[O-])c5csc(N)n5)C(=O)N4C(C(=O)O)C2C3)c(=O)c2c(Cl)c(O)c(O)cc21. The number of carbonyl (C=O) groups is 4. The molecule has 4 unspecified atom stereocenters. The summed E-state index contributed by atoms with van der Waals surface area (Å²) in [4.78, 5) is 88.9. The normalized spacial score (nSPS) is 27.6. The first-order chi connectivity index (χ1) is 25.4. The van der Waals surface area contributed by atoms with Gasteiger partial charge in [0.25, 0.3) is 11.5 Å². The Hall–Kier alpha value is -4.86. The van der Waals surface area contributed by atoms with Crippen molar-refractivity contribution in [1.29, 1.82) is 0 Å². The number of thioether (sulfide) groups is 1. The maximum absolute atomic E-state index is 13.7. The van der Waals surface area contributed by atoms with E-state index in [0.717, 1.165) is 33.0 Å². The van der Waals surface area contributed by atoms with E-state index in [4.69, 9.17) is 22.2 Å². The van der Waals surface area contributed by atoms with Crippen molar-refractivity contribution in [3.63, 3.8) is 0 Å². The third-order valence-corrected chi connectivity index (χ3v) is 13.7. The molecule has 0 saturated carbocycles. The van der Waals surface area contributed by atoms with Crippen molar-refractivity contribution in [2.24, 2.45) is 24.0 Å². The minimum absolute atomic E-state index is 0.0192. The van der Waals surface area contributed by atoms with Crippen LogP contribution < -0.4 is 27.4 Å². The van der Waals surface area contributed by atoms with Crippen LogP contribution in [0.15, 0.2) is 26.2 Å². The number of piperidine rings is 1. The van der Waals surface area contributed by atoms with Gasteiger partial charge in [-0.15, -0.1) is 23.1 Å². The molecule has 0 aliphatic carbocycles. The molecule has 1 aromatic carbocycles. The van der Waals surface area contributed by atoms with E-state index in [2.05, 4.69) is 15.5 Å². The average molecular weight is 807 g/mol. The molecule has 288 valence electrons. The Bertz CT molecular complexity index is 2290. The second kappa shape index (κ2) is 13.2. The quantitative estimate of drug-likeness (QED) is 0.0510. The van der Waals surface area contributed by atoms with Gasteiger partial charge in [0.1, 0.15) is 28.2 Å². The fourth-order valence-corrected chi connectivity index (χ4v) is 10.8. The number of hydrogen-bond donors (Lipinski definition) is 5. The number of nitrogen functional groups attached to an aromatic ring is 1. The molecule has 2 amide bonds. The second-order valence-corrected chi connectivity index (χ2v) is 17.1. The van der Waals surface area contributed by atoms with Crippen LogP contribution in [0.25, 0.3) is 10.9 Å². The number of halogens is 1. The van der Waals surface area contributed by atoms with Crippen molar-refractivity contribution in [2.45, 2.75) is 55.1 Å². The number of fused-ring (bicyclic) bond motifs is 6. The highest BCUT2D eigenvalue weighted by atomic mass is 35.5. The van der Waals surface area contributed by atoms with Crippen molar-refractivity contribution >= 4 is 80.2 Å². The summed E-state index contributed by atoms with van der Waals surface area (Å²) in [7, 11) is 1.42. The van der Waals surface area contributed by atoms with Crippen LogP contribution in [0.2, 0.25) is 5.02 Å². The highest BCUT2D eigenvalue weighted by molar-refractivity contribution is 8.00. The lowest BCUT2D eigenvalue weighted by Gasteiger charge is -2.59. The summed E-state index contributed by atoms with van der Waals surface area (Å²) in [5.74, 6) is -6.08. The number of nitrogens with one attached hydrogen (secondary N) is 1. The predicted octanol–water partition coefficient (Wildman–Crippen LogP) is -1.56. The summed E-state index contributed by atoms with van der Waals surface area (Å²) in [6, 6.07) is -1.26. The molecule has 2 bridgehead atoms. The van der Waals surface area contributed by atoms with Gasteiger partial charge in [0, 0.05) is 36.1 Å². The lowest BCUT2D eigenvalue weighted by Crippen LogP contribution is -2.79. The molecular weight excluding hydrogens is 772 g/mol. The summed E-state index contributed by atoms with van der Waals surface area (Å²) >= 11 is 8.65. The average Bonchev–Trinajstić information content (AvgIpc) is 3.70. The number of β-lactam (4-membered cyclic amide) rings is 1. The molecule has 2 aromatic heterocycles. The number of benzene rings is 1. The number of thiazole rings is 1. The number of aliphatic carboxylic acids is 2. The molecule has 6 N–H and O–H groups in total. The fraction of sp³-hybridized carbons (Fsp3) is 0.500. The Balaban J connectivity index is 1.11. The van der Waals surface area contributed by atoms with E-state index in [1.54, 1.807) is 0 Å². The maximum atomic E-state index is 13.7. The van der Waals surface area contributed by atoms with Crippen LogP contribution >= 0.6 is 34.7 Å². The number of carbonyl (C=O) groups excluding carboxylic acids is 3. The van der Waals surface area contributed by atoms with Gasteiger partial charge in [-0.3, -0.25) is 23.5 Å². The molecule has 4 aliphatic rings. The van der Waals surface area contributed by atoms with Gasteiger partial charge in [-0.05, 0) is 13.8 Å². The molecule has 7 atom stereocenters. The van der Waals surface area contributed by atoms with Crippen molar-refractivity contribution in [1.82, 2.24) is 24.3 Å². The number of hydrogen-bond acceptors (Lipinski definition) is 15. The van der Waals surface area contributed by atoms with Gasteiger partial charge in [0.2, 0.25) is 5.91 Å². The number of nitrogens with two attached hydrogens (primary N) is 1. The highest BCUT2D eigenvalue weighted by Gasteiger charge is 2.66. The minimum atomic E-state index is -1.92. The number of oxime groups is 1. The van der Waals surface area contributed by atoms with E-state index in [1.165, 1.54) is 42.9 Å². The summed E-state index contributed by atoms with van der Waals surface area (Å²) < 4.78 is 2.59. The third kappa shape index (κ3) is 5.93. The zero-order valence-electron chi connectivity index (χ0n) is 28.9. The maximum Gasteiger partial charge on any atom is 0.331 e. The van der Waals surface area contributed by atoms with E-state index < -0.39 is 81.2 Å². The van der Waals surface area contributed by atoms with Crippen LogP contribution in [0.1, 0.15) is 26.0 Å². The third-order valence-electron chi connectivity index (χ3n) is 10.9. The monoisotopic (exact) mass is 806 g/mol. The number of aromatic hydroxyl groups is 2. The molecular formula is C32H35ClN8O11S2. The van der Waals surface area contributed by atoms with Crippen molar-refractivity contribution in [3.05, 3.63) is 43.0 Å². The molecule has 19 nitrogen and oxygen atoms in total. The number of carboxylic acid groups (broad SMARTS) is 2. The largest absolute Gasteiger partial charge is 0.546 e. The Kier molecular flexibility index (Phi) is 9.13. The number of aromatic nitrogens is 3. The Morgan fingerprint density at radius 1 is 1.24 bits per heavy atom. The van der Waals surface area contributed by atoms with Crippen LogP contribution in [0.5, 0.6) is 11.5 Å². The molecule has 22 heteroatoms. The van der Waals surface area contributed by atoms with E-state index in [9.17, 15) is 49.2 Å². The molecule has 0 spiro atoms. The van der Waals surface area contributed by atoms with Gasteiger partial charge in [-0.1, -0.05) is 16.8 Å². The molecule has 3 aromatic rings. The topological polar surface area (TPSA) is 272 Å². The van der Waals surface area contributed by atoms with Crippen LogP contribution in [0.4, 0.5) is 5.13 Å². The minimum Gasteiger partial charge on any atom is -0.546 e. The number of anilines is 1. The summed E-state index contributed by atoms with van der Waals surface area (Å²) in [5, 5.41) is 48.6. The van der Waals surface area contributed by atoms with Crippen LogP contribution in [0, 0.1) is 11.8 Å². The molecule has 6 heterocycles. The van der Waals surface area contributed by atoms with E-state index in [0.29, 0.717) is 30.7 Å². The van der Waals surface area contributed by atoms with E-state index >= 15 is 0 Å². The smallest absolute Gasteiger partial charge is 0.331 e. The summed E-state index contributed by atoms with van der Waals surface area (Å²) in [5.41, 5.74) is 2.02. The first-order valence-electron chi connectivity index (χ1n) is 16.7. The van der Waals surface area contributed by atoms with Crippen molar-refractivity contribution in [3.8, 4) is 11.5 Å². The number of aryl methyl sites for hydroxylation is 1. The lowest BCUT2D eigenvalue weighted by atomic mass is 9.81. The van der Waals surface area contributed by atoms with E-state index in [1.807, 2.05) is 0 Å². The lowest BCUT2D eigenvalue weighted by molar-refractivity contribution is -0.925. The van der Waals surface area contributed by atoms with Crippen LogP contribution in [-0.2, 0) is 37.6 Å². The van der Waals surface area contributed by atoms with Crippen LogP contribution in [-0.4, -0.2) is 123 Å². The number of amides is 2. The molecule has 4 saturated heterocycles. The zero-order valence-corrected chi connectivity index (χ0v) is 31.3. The standard InChI is InChI=1S/C32H35ClN8O11S2/c1-32(2,29(49)50)52-37-19(14-11-53-30(34)35-14)24(44)36-20-26(46)40-21(28(47)48)13-10-41(6-4-12(9-41)23(13)54-27(20)40)7-5-39-25(45)17-15(38(3)31(39)51)8-16(42)22(43)18(17)33/h8,11-13,20-21,23,27H,4-7,9-10H2,1-3H3,(H6-,34,35,36,37,42,43,44,45,47,48,49,50)/t12?,13?,20-,21?,23+,27-,41?/m1/s1. The van der Waals surface area contributed by atoms with Gasteiger partial charge < -0.3 is 50.5 Å². The van der Waals surface area contributed by atoms with Crippen LogP contribution in [0.3, 0.4) is 0 Å². The number of nitrogens with zero attached hydrogens (tertiary/aromatic N) is 6. The van der Waals surface area contributed by atoms with Gasteiger partial charge >= 0.3 is 11.7 Å². The molecule has 4 aliphatic heterocycles. The van der Waals surface area contributed by atoms with E-state index in [-0.39, 0.29) is 44.5 Å². The number of phenolic OH excluding ortho intramolecular Hbond substituents is 2. The first kappa shape index (κ1) is 37.5. The molecule has 54 heavy (non-hydrogen) atoms. The van der Waals surface area contributed by atoms with Crippen molar-refractivity contribution in [2.75, 3.05) is 31.9 Å². The van der Waals surface area contributed by atoms with Crippen molar-refractivity contribution < 1.29 is 48.9 Å². The Labute approximate surface area is 318 Å². The Morgan fingerprint density at radius 2 is 1.96 bits per heavy atom. The fourth-order valence-electron chi connectivity index (χ4n) is 8.07. The molecule has 4 fully saturated rings. The predicted molar refractivity (Wildman–Crippen MR) is 192 cm³/mol. The highest BCUT2D eigenvalue weighted by Crippen LogP contribution is 2.53. The van der Waals surface area contributed by atoms with Gasteiger partial charge in [0.15, 0.2) is 27.9 Å². The number of phenols is 2.